The number of rotatable bonds is 5. The van der Waals surface area contributed by atoms with Crippen LogP contribution in [0.2, 0.25) is 0 Å². The topological polar surface area (TPSA) is 45.5 Å². The van der Waals surface area contributed by atoms with Gasteiger partial charge < -0.3 is 14.6 Å². The summed E-state index contributed by atoms with van der Waals surface area (Å²) < 4.78 is 2.00. The maximum absolute atomic E-state index is 4.68. The second kappa shape index (κ2) is 5.73. The Morgan fingerprint density at radius 3 is 3.05 bits per heavy atom. The molecule has 0 aliphatic rings. The van der Waals surface area contributed by atoms with E-state index in [0.29, 0.717) is 6.04 Å². The third-order valence-corrected chi connectivity index (χ3v) is 4.58. The number of thiophene rings is 1. The lowest BCUT2D eigenvalue weighted by molar-refractivity contribution is 0.681. The van der Waals surface area contributed by atoms with Gasteiger partial charge in [-0.05, 0) is 18.4 Å². The fourth-order valence-corrected chi connectivity index (χ4v) is 3.16. The Morgan fingerprint density at radius 2 is 2.33 bits per heavy atom. The van der Waals surface area contributed by atoms with E-state index in [1.165, 1.54) is 4.88 Å². The highest BCUT2D eigenvalue weighted by molar-refractivity contribution is 7.09. The molecule has 3 heterocycles. The van der Waals surface area contributed by atoms with Crippen molar-refractivity contribution in [3.63, 3.8) is 0 Å². The summed E-state index contributed by atoms with van der Waals surface area (Å²) in [6.07, 6.45) is 6.70. The first-order chi connectivity index (χ1) is 10.2. The van der Waals surface area contributed by atoms with Crippen LogP contribution in [-0.2, 0) is 6.42 Å². The molecule has 1 N–H and O–H groups in total. The zero-order valence-corrected chi connectivity index (χ0v) is 13.3. The zero-order chi connectivity index (χ0) is 14.8. The maximum Gasteiger partial charge on any atom is 0.180 e. The van der Waals surface area contributed by atoms with Crippen LogP contribution in [0.3, 0.4) is 0 Å². The van der Waals surface area contributed by atoms with E-state index in [4.69, 9.17) is 0 Å². The number of aromatic nitrogens is 3. The number of anilines is 2. The summed E-state index contributed by atoms with van der Waals surface area (Å²) in [4.78, 5) is 12.7. The lowest BCUT2D eigenvalue weighted by atomic mass is 10.2. The van der Waals surface area contributed by atoms with Crippen LogP contribution in [0.25, 0.3) is 5.65 Å². The number of nitrogens with one attached hydrogen (secondary N) is 1. The minimum atomic E-state index is 0.351. The Hall–Kier alpha value is -2.08. The molecule has 0 spiro atoms. The van der Waals surface area contributed by atoms with Gasteiger partial charge in [-0.1, -0.05) is 6.07 Å². The molecule has 0 aliphatic carbocycles. The van der Waals surface area contributed by atoms with Crippen molar-refractivity contribution >= 4 is 28.6 Å². The number of fused-ring (bicyclic) bond motifs is 1. The van der Waals surface area contributed by atoms with E-state index in [1.807, 2.05) is 23.8 Å². The first-order valence-corrected chi connectivity index (χ1v) is 7.83. The molecule has 5 nitrogen and oxygen atoms in total. The quantitative estimate of drug-likeness (QED) is 0.787. The van der Waals surface area contributed by atoms with Gasteiger partial charge in [0.15, 0.2) is 11.5 Å². The van der Waals surface area contributed by atoms with Crippen LogP contribution in [0.15, 0.2) is 36.1 Å². The largest absolute Gasteiger partial charge is 0.372 e. The molecule has 110 valence electrons. The van der Waals surface area contributed by atoms with Gasteiger partial charge in [0, 0.05) is 43.8 Å². The lowest BCUT2D eigenvalue weighted by Gasteiger charge is -2.26. The Balaban J connectivity index is 1.92. The second-order valence-corrected chi connectivity index (χ2v) is 6.13. The van der Waals surface area contributed by atoms with Crippen LogP contribution in [0.4, 0.5) is 11.6 Å². The van der Waals surface area contributed by atoms with E-state index < -0.39 is 0 Å². The number of nitrogens with zero attached hydrogens (tertiary/aromatic N) is 4. The Bertz CT molecular complexity index is 719. The van der Waals surface area contributed by atoms with Crippen LogP contribution in [0.1, 0.15) is 11.8 Å². The standard InChI is InChI=1S/C15H19N5S/c1-11(9-12-5-4-8-21-12)19(3)15-14-17-6-7-20(14)10-13(16-2)18-15/h4-8,10-11,16H,9H2,1-3H3. The van der Waals surface area contributed by atoms with Crippen LogP contribution in [0, 0.1) is 0 Å². The van der Waals surface area contributed by atoms with Crippen LogP contribution in [0.5, 0.6) is 0 Å². The van der Waals surface area contributed by atoms with E-state index in [9.17, 15) is 0 Å². The minimum Gasteiger partial charge on any atom is -0.372 e. The predicted molar refractivity (Wildman–Crippen MR) is 88.4 cm³/mol. The highest BCUT2D eigenvalue weighted by Gasteiger charge is 2.17. The first kappa shape index (κ1) is 13.9. The van der Waals surface area contributed by atoms with Crippen molar-refractivity contribution in [3.05, 3.63) is 41.0 Å². The molecule has 6 heteroatoms. The Morgan fingerprint density at radius 1 is 1.48 bits per heavy atom. The van der Waals surface area contributed by atoms with E-state index >= 15 is 0 Å². The van der Waals surface area contributed by atoms with E-state index in [1.54, 1.807) is 17.5 Å². The molecule has 3 rings (SSSR count). The minimum absolute atomic E-state index is 0.351. The summed E-state index contributed by atoms with van der Waals surface area (Å²) in [7, 11) is 3.96. The second-order valence-electron chi connectivity index (χ2n) is 5.10. The van der Waals surface area contributed by atoms with Crippen LogP contribution in [-0.4, -0.2) is 34.5 Å². The third kappa shape index (κ3) is 2.71. The number of hydrogen-bond acceptors (Lipinski definition) is 5. The molecule has 3 aromatic heterocycles. The van der Waals surface area contributed by atoms with Crippen molar-refractivity contribution in [2.24, 2.45) is 0 Å². The monoisotopic (exact) mass is 301 g/mol. The average Bonchev–Trinajstić information content (AvgIpc) is 3.15. The zero-order valence-electron chi connectivity index (χ0n) is 12.4. The highest BCUT2D eigenvalue weighted by atomic mass is 32.1. The summed E-state index contributed by atoms with van der Waals surface area (Å²) in [6, 6.07) is 4.63. The van der Waals surface area contributed by atoms with E-state index in [2.05, 4.69) is 51.7 Å². The molecule has 0 aromatic carbocycles. The number of likely N-dealkylation sites (N-methyl/N-ethyl adjacent to an activating group) is 1. The van der Waals surface area contributed by atoms with Gasteiger partial charge in [0.05, 0.1) is 6.20 Å². The maximum atomic E-state index is 4.68. The highest BCUT2D eigenvalue weighted by Crippen LogP contribution is 2.23. The van der Waals surface area contributed by atoms with Gasteiger partial charge in [0.2, 0.25) is 0 Å². The van der Waals surface area contributed by atoms with Crippen molar-refractivity contribution in [3.8, 4) is 0 Å². The van der Waals surface area contributed by atoms with Gasteiger partial charge in [0.1, 0.15) is 5.82 Å². The summed E-state index contributed by atoms with van der Waals surface area (Å²) in [5, 5.41) is 5.22. The van der Waals surface area contributed by atoms with E-state index in [0.717, 1.165) is 23.7 Å². The molecular weight excluding hydrogens is 282 g/mol. The molecule has 0 fully saturated rings. The van der Waals surface area contributed by atoms with Gasteiger partial charge in [-0.3, -0.25) is 0 Å². The molecule has 0 saturated heterocycles. The summed E-state index contributed by atoms with van der Waals surface area (Å²) in [5.41, 5.74) is 0.884. The van der Waals surface area contributed by atoms with Gasteiger partial charge >= 0.3 is 0 Å². The molecule has 21 heavy (non-hydrogen) atoms. The molecule has 0 saturated carbocycles. The lowest BCUT2D eigenvalue weighted by Crippen LogP contribution is -2.31. The van der Waals surface area contributed by atoms with E-state index in [-0.39, 0.29) is 0 Å². The van der Waals surface area contributed by atoms with Gasteiger partial charge in [-0.25, -0.2) is 9.97 Å². The molecular formula is C15H19N5S. The summed E-state index contributed by atoms with van der Waals surface area (Å²) >= 11 is 1.80. The molecule has 1 atom stereocenters. The van der Waals surface area contributed by atoms with Crippen molar-refractivity contribution in [1.29, 1.82) is 0 Å². The van der Waals surface area contributed by atoms with Gasteiger partial charge in [-0.2, -0.15) is 0 Å². The summed E-state index contributed by atoms with van der Waals surface area (Å²) in [6.45, 7) is 2.22. The number of hydrogen-bond donors (Lipinski definition) is 1. The van der Waals surface area contributed by atoms with Crippen molar-refractivity contribution in [1.82, 2.24) is 14.4 Å². The molecule has 1 unspecified atom stereocenters. The summed E-state index contributed by atoms with van der Waals surface area (Å²) in [5.74, 6) is 1.74. The Labute approximate surface area is 128 Å². The Kier molecular flexibility index (Phi) is 3.79. The van der Waals surface area contributed by atoms with Crippen molar-refractivity contribution < 1.29 is 0 Å². The number of imidazole rings is 1. The molecule has 0 aliphatic heterocycles. The molecule has 3 aromatic rings. The fraction of sp³-hybridized carbons (Fsp3) is 0.333. The normalized spacial score (nSPS) is 12.5. The van der Waals surface area contributed by atoms with Gasteiger partial charge in [0.25, 0.3) is 0 Å². The smallest absolute Gasteiger partial charge is 0.180 e. The van der Waals surface area contributed by atoms with Crippen LogP contribution >= 0.6 is 11.3 Å². The van der Waals surface area contributed by atoms with Crippen LogP contribution < -0.4 is 10.2 Å². The molecule has 0 radical (unpaired) electrons. The molecule has 0 amide bonds. The van der Waals surface area contributed by atoms with Gasteiger partial charge in [-0.15, -0.1) is 11.3 Å². The van der Waals surface area contributed by atoms with Crippen molar-refractivity contribution in [2.45, 2.75) is 19.4 Å². The average molecular weight is 301 g/mol. The van der Waals surface area contributed by atoms with Crippen molar-refractivity contribution in [2.75, 3.05) is 24.3 Å². The first-order valence-electron chi connectivity index (χ1n) is 6.95. The fourth-order valence-electron chi connectivity index (χ4n) is 2.34. The molecule has 0 bridgehead atoms. The predicted octanol–water partition coefficient (Wildman–Crippen LogP) is 2.90. The SMILES string of the molecule is CNc1cn2ccnc2c(N(C)C(C)Cc2cccs2)n1. The third-order valence-electron chi connectivity index (χ3n) is 3.68.